The standard InChI is InChI=1S/C18H29NO/c1-14-6-5-7-15(2)17(14)12-18(3,16-8-9-16)13-19-10-11-20-4/h5-7,16,19H,8-13H2,1-4H3. The number of hydrogen-bond donors (Lipinski definition) is 1. The first kappa shape index (κ1) is 15.5. The molecule has 1 fully saturated rings. The third kappa shape index (κ3) is 3.83. The van der Waals surface area contributed by atoms with Crippen LogP contribution in [-0.4, -0.2) is 26.8 Å². The van der Waals surface area contributed by atoms with Crippen molar-refractivity contribution in [3.05, 3.63) is 34.9 Å². The molecule has 1 aliphatic rings. The highest BCUT2D eigenvalue weighted by Crippen LogP contribution is 2.47. The van der Waals surface area contributed by atoms with Gasteiger partial charge in [-0.05, 0) is 61.1 Å². The summed E-state index contributed by atoms with van der Waals surface area (Å²) in [6.07, 6.45) is 3.98. The summed E-state index contributed by atoms with van der Waals surface area (Å²) in [7, 11) is 1.76. The van der Waals surface area contributed by atoms with Crippen LogP contribution in [0.4, 0.5) is 0 Å². The first-order chi connectivity index (χ1) is 9.57. The van der Waals surface area contributed by atoms with E-state index >= 15 is 0 Å². The van der Waals surface area contributed by atoms with Crippen molar-refractivity contribution in [2.75, 3.05) is 26.8 Å². The van der Waals surface area contributed by atoms with Gasteiger partial charge in [0.25, 0.3) is 0 Å². The van der Waals surface area contributed by atoms with E-state index in [0.717, 1.165) is 25.6 Å². The van der Waals surface area contributed by atoms with Gasteiger partial charge >= 0.3 is 0 Å². The monoisotopic (exact) mass is 275 g/mol. The van der Waals surface area contributed by atoms with Crippen LogP contribution < -0.4 is 5.32 Å². The van der Waals surface area contributed by atoms with E-state index in [9.17, 15) is 0 Å². The number of rotatable bonds is 8. The minimum absolute atomic E-state index is 0.380. The van der Waals surface area contributed by atoms with Crippen LogP contribution in [0.1, 0.15) is 36.5 Å². The Labute approximate surface area is 123 Å². The van der Waals surface area contributed by atoms with Crippen LogP contribution in [0, 0.1) is 25.2 Å². The maximum Gasteiger partial charge on any atom is 0.0587 e. The molecule has 0 aliphatic heterocycles. The van der Waals surface area contributed by atoms with E-state index in [1.165, 1.54) is 30.4 Å². The molecule has 112 valence electrons. The molecule has 1 N–H and O–H groups in total. The number of methoxy groups -OCH3 is 1. The van der Waals surface area contributed by atoms with E-state index in [4.69, 9.17) is 4.74 Å². The summed E-state index contributed by atoms with van der Waals surface area (Å²) in [5, 5.41) is 3.58. The number of aryl methyl sites for hydroxylation is 2. The molecule has 0 aromatic heterocycles. The van der Waals surface area contributed by atoms with Crippen molar-refractivity contribution in [2.24, 2.45) is 11.3 Å². The highest BCUT2D eigenvalue weighted by molar-refractivity contribution is 5.34. The molecule has 1 aliphatic carbocycles. The van der Waals surface area contributed by atoms with E-state index in [-0.39, 0.29) is 0 Å². The fourth-order valence-corrected chi connectivity index (χ4v) is 3.21. The molecule has 2 rings (SSSR count). The first-order valence-electron chi connectivity index (χ1n) is 7.81. The quantitative estimate of drug-likeness (QED) is 0.733. The lowest BCUT2D eigenvalue weighted by molar-refractivity contribution is 0.187. The molecular formula is C18H29NO. The summed E-state index contributed by atoms with van der Waals surface area (Å²) < 4.78 is 5.13. The second kappa shape index (κ2) is 6.73. The highest BCUT2D eigenvalue weighted by Gasteiger charge is 2.41. The van der Waals surface area contributed by atoms with Crippen molar-refractivity contribution < 1.29 is 4.74 Å². The van der Waals surface area contributed by atoms with E-state index in [1.807, 2.05) is 0 Å². The molecule has 0 radical (unpaired) electrons. The predicted octanol–water partition coefficient (Wildman–Crippen LogP) is 3.50. The van der Waals surface area contributed by atoms with E-state index < -0.39 is 0 Å². The summed E-state index contributed by atoms with van der Waals surface area (Å²) in [5.74, 6) is 0.886. The summed E-state index contributed by atoms with van der Waals surface area (Å²) >= 11 is 0. The Morgan fingerprint density at radius 1 is 1.25 bits per heavy atom. The molecular weight excluding hydrogens is 246 g/mol. The number of benzene rings is 1. The summed E-state index contributed by atoms with van der Waals surface area (Å²) in [5.41, 5.74) is 4.81. The Morgan fingerprint density at radius 2 is 1.90 bits per heavy atom. The highest BCUT2D eigenvalue weighted by atomic mass is 16.5. The lowest BCUT2D eigenvalue weighted by Gasteiger charge is -2.32. The number of hydrogen-bond acceptors (Lipinski definition) is 2. The van der Waals surface area contributed by atoms with E-state index in [0.29, 0.717) is 5.41 Å². The van der Waals surface area contributed by atoms with Gasteiger partial charge in [-0.1, -0.05) is 25.1 Å². The number of nitrogens with one attached hydrogen (secondary N) is 1. The van der Waals surface area contributed by atoms with Crippen molar-refractivity contribution >= 4 is 0 Å². The van der Waals surface area contributed by atoms with Gasteiger partial charge in [0, 0.05) is 20.2 Å². The maximum absolute atomic E-state index is 5.13. The zero-order chi connectivity index (χ0) is 14.6. The van der Waals surface area contributed by atoms with Gasteiger partial charge in [0.05, 0.1) is 6.61 Å². The second-order valence-corrected chi connectivity index (χ2v) is 6.65. The average Bonchev–Trinajstić information content (AvgIpc) is 3.24. The minimum atomic E-state index is 0.380. The number of ether oxygens (including phenoxy) is 1. The molecule has 2 nitrogen and oxygen atoms in total. The normalized spacial score (nSPS) is 18.0. The van der Waals surface area contributed by atoms with Gasteiger partial charge in [-0.3, -0.25) is 0 Å². The minimum Gasteiger partial charge on any atom is -0.383 e. The Hall–Kier alpha value is -0.860. The van der Waals surface area contributed by atoms with Crippen LogP contribution in [0.15, 0.2) is 18.2 Å². The molecule has 20 heavy (non-hydrogen) atoms. The summed E-state index contributed by atoms with van der Waals surface area (Å²) in [6.45, 7) is 9.78. The van der Waals surface area contributed by atoms with Crippen LogP contribution in [0.3, 0.4) is 0 Å². The topological polar surface area (TPSA) is 21.3 Å². The van der Waals surface area contributed by atoms with Gasteiger partial charge in [0.1, 0.15) is 0 Å². The lowest BCUT2D eigenvalue weighted by Crippen LogP contribution is -2.37. The summed E-state index contributed by atoms with van der Waals surface area (Å²) in [4.78, 5) is 0. The first-order valence-corrected chi connectivity index (χ1v) is 7.81. The fraction of sp³-hybridized carbons (Fsp3) is 0.667. The molecule has 0 spiro atoms. The third-order valence-corrected chi connectivity index (χ3v) is 4.80. The zero-order valence-electron chi connectivity index (χ0n) is 13.5. The van der Waals surface area contributed by atoms with Gasteiger partial charge < -0.3 is 10.1 Å². The molecule has 1 aromatic carbocycles. The third-order valence-electron chi connectivity index (χ3n) is 4.80. The molecule has 2 heteroatoms. The zero-order valence-corrected chi connectivity index (χ0v) is 13.5. The molecule has 0 heterocycles. The van der Waals surface area contributed by atoms with Crippen LogP contribution in [0.5, 0.6) is 0 Å². The van der Waals surface area contributed by atoms with Gasteiger partial charge in [-0.15, -0.1) is 0 Å². The van der Waals surface area contributed by atoms with Crippen molar-refractivity contribution in [2.45, 2.75) is 40.0 Å². The van der Waals surface area contributed by atoms with Gasteiger partial charge in [-0.2, -0.15) is 0 Å². The predicted molar refractivity (Wildman–Crippen MR) is 85.2 cm³/mol. The van der Waals surface area contributed by atoms with Crippen LogP contribution in [0.25, 0.3) is 0 Å². The Kier molecular flexibility index (Phi) is 5.22. The summed E-state index contributed by atoms with van der Waals surface area (Å²) in [6, 6.07) is 6.65. The van der Waals surface area contributed by atoms with Crippen LogP contribution in [-0.2, 0) is 11.2 Å². The average molecular weight is 275 g/mol. The fourth-order valence-electron chi connectivity index (χ4n) is 3.21. The van der Waals surface area contributed by atoms with Crippen molar-refractivity contribution in [1.29, 1.82) is 0 Å². The van der Waals surface area contributed by atoms with Crippen molar-refractivity contribution in [3.63, 3.8) is 0 Å². The molecule has 1 unspecified atom stereocenters. The largest absolute Gasteiger partial charge is 0.383 e. The maximum atomic E-state index is 5.13. The lowest BCUT2D eigenvalue weighted by atomic mass is 9.77. The molecule has 0 saturated heterocycles. The van der Waals surface area contributed by atoms with E-state index in [2.05, 4.69) is 44.3 Å². The Bertz CT molecular complexity index is 419. The van der Waals surface area contributed by atoms with Gasteiger partial charge in [0.15, 0.2) is 0 Å². The van der Waals surface area contributed by atoms with Crippen molar-refractivity contribution in [1.82, 2.24) is 5.32 Å². The molecule has 1 aromatic rings. The molecule has 1 atom stereocenters. The SMILES string of the molecule is COCCNCC(C)(Cc1c(C)cccc1C)C1CC1. The Morgan fingerprint density at radius 3 is 2.45 bits per heavy atom. The molecule has 0 bridgehead atoms. The molecule has 0 amide bonds. The van der Waals surface area contributed by atoms with Crippen LogP contribution in [0.2, 0.25) is 0 Å². The van der Waals surface area contributed by atoms with Crippen LogP contribution >= 0.6 is 0 Å². The molecule has 1 saturated carbocycles. The van der Waals surface area contributed by atoms with Crippen molar-refractivity contribution in [3.8, 4) is 0 Å². The van der Waals surface area contributed by atoms with Gasteiger partial charge in [-0.25, -0.2) is 0 Å². The second-order valence-electron chi connectivity index (χ2n) is 6.65. The van der Waals surface area contributed by atoms with E-state index in [1.54, 1.807) is 12.7 Å². The Balaban J connectivity index is 2.05. The van der Waals surface area contributed by atoms with Gasteiger partial charge in [0.2, 0.25) is 0 Å². The smallest absolute Gasteiger partial charge is 0.0587 e.